The molecular formula is C18H25FN2O2. The van der Waals surface area contributed by atoms with Gasteiger partial charge >= 0.3 is 0 Å². The first kappa shape index (κ1) is 16.2. The van der Waals surface area contributed by atoms with Crippen molar-refractivity contribution in [1.82, 2.24) is 5.32 Å². The summed E-state index contributed by atoms with van der Waals surface area (Å²) in [6.45, 7) is 2.48. The third-order valence-electron chi connectivity index (χ3n) is 4.68. The van der Waals surface area contributed by atoms with Crippen molar-refractivity contribution in [1.29, 1.82) is 0 Å². The Labute approximate surface area is 137 Å². The summed E-state index contributed by atoms with van der Waals surface area (Å²) in [6, 6.07) is 6.81. The predicted molar refractivity (Wildman–Crippen MR) is 88.0 cm³/mol. The van der Waals surface area contributed by atoms with E-state index in [0.717, 1.165) is 57.5 Å². The fourth-order valence-electron chi connectivity index (χ4n) is 3.47. The molecule has 3 rings (SSSR count). The third-order valence-corrected chi connectivity index (χ3v) is 4.68. The zero-order chi connectivity index (χ0) is 16.1. The molecule has 2 unspecified atom stereocenters. The maximum absolute atomic E-state index is 13.4. The van der Waals surface area contributed by atoms with Gasteiger partial charge in [0.25, 0.3) is 0 Å². The summed E-state index contributed by atoms with van der Waals surface area (Å²) in [5, 5.41) is 3.13. The van der Waals surface area contributed by atoms with Gasteiger partial charge in [0.1, 0.15) is 5.82 Å². The lowest BCUT2D eigenvalue weighted by Gasteiger charge is -2.34. The van der Waals surface area contributed by atoms with Crippen LogP contribution in [0.2, 0.25) is 0 Å². The van der Waals surface area contributed by atoms with Crippen molar-refractivity contribution >= 4 is 11.6 Å². The van der Waals surface area contributed by atoms with Gasteiger partial charge in [-0.3, -0.25) is 4.79 Å². The Kier molecular flexibility index (Phi) is 5.49. The summed E-state index contributed by atoms with van der Waals surface area (Å²) in [5.74, 6) is -0.114. The van der Waals surface area contributed by atoms with Gasteiger partial charge in [0.15, 0.2) is 0 Å². The van der Waals surface area contributed by atoms with Crippen molar-refractivity contribution < 1.29 is 13.9 Å². The smallest absolute Gasteiger partial charge is 0.220 e. The number of carbonyl (C=O) groups is 1. The van der Waals surface area contributed by atoms with Gasteiger partial charge in [0.2, 0.25) is 5.91 Å². The maximum Gasteiger partial charge on any atom is 0.220 e. The summed E-state index contributed by atoms with van der Waals surface area (Å²) < 4.78 is 18.9. The van der Waals surface area contributed by atoms with Crippen molar-refractivity contribution in [3.8, 4) is 0 Å². The SMILES string of the molecule is O=C(CCC1CCCO1)NC1CCCN(c2cccc(F)c2)C1. The Balaban J connectivity index is 1.47. The van der Waals surface area contributed by atoms with Crippen molar-refractivity contribution in [2.45, 2.75) is 50.7 Å². The van der Waals surface area contributed by atoms with E-state index >= 15 is 0 Å². The summed E-state index contributed by atoms with van der Waals surface area (Å²) in [7, 11) is 0. The highest BCUT2D eigenvalue weighted by atomic mass is 19.1. The molecule has 4 nitrogen and oxygen atoms in total. The molecule has 1 aromatic rings. The average Bonchev–Trinajstić information content (AvgIpc) is 3.07. The molecule has 2 heterocycles. The summed E-state index contributed by atoms with van der Waals surface area (Å²) in [4.78, 5) is 14.3. The number of nitrogens with one attached hydrogen (secondary N) is 1. The Bertz CT molecular complexity index is 532. The van der Waals surface area contributed by atoms with Gasteiger partial charge < -0.3 is 15.0 Å². The molecule has 0 bridgehead atoms. The number of halogens is 1. The quantitative estimate of drug-likeness (QED) is 0.907. The van der Waals surface area contributed by atoms with Crippen LogP contribution in [-0.4, -0.2) is 37.7 Å². The number of nitrogens with zero attached hydrogens (tertiary/aromatic N) is 1. The number of hydrogen-bond donors (Lipinski definition) is 1. The van der Waals surface area contributed by atoms with Gasteiger partial charge in [-0.2, -0.15) is 0 Å². The number of piperidine rings is 1. The van der Waals surface area contributed by atoms with E-state index in [1.807, 2.05) is 6.07 Å². The summed E-state index contributed by atoms with van der Waals surface area (Å²) in [6.07, 6.45) is 5.77. The number of benzene rings is 1. The lowest BCUT2D eigenvalue weighted by Crippen LogP contribution is -2.47. The Morgan fingerprint density at radius 1 is 1.35 bits per heavy atom. The molecule has 0 spiro atoms. The fourth-order valence-corrected chi connectivity index (χ4v) is 3.47. The van der Waals surface area contributed by atoms with Crippen LogP contribution >= 0.6 is 0 Å². The van der Waals surface area contributed by atoms with Crippen molar-refractivity contribution in [3.05, 3.63) is 30.1 Å². The van der Waals surface area contributed by atoms with E-state index < -0.39 is 0 Å². The summed E-state index contributed by atoms with van der Waals surface area (Å²) >= 11 is 0. The number of ether oxygens (including phenoxy) is 1. The number of rotatable bonds is 5. The first-order valence-electron chi connectivity index (χ1n) is 8.62. The molecule has 2 fully saturated rings. The van der Waals surface area contributed by atoms with E-state index in [1.165, 1.54) is 6.07 Å². The monoisotopic (exact) mass is 320 g/mol. The third kappa shape index (κ3) is 4.67. The van der Waals surface area contributed by atoms with E-state index in [4.69, 9.17) is 4.74 Å². The van der Waals surface area contributed by atoms with Gasteiger partial charge in [0, 0.05) is 37.8 Å². The van der Waals surface area contributed by atoms with Crippen LogP contribution in [0.25, 0.3) is 0 Å². The second-order valence-electron chi connectivity index (χ2n) is 6.51. The highest BCUT2D eigenvalue weighted by Crippen LogP contribution is 2.21. The number of hydrogen-bond acceptors (Lipinski definition) is 3. The molecule has 126 valence electrons. The second-order valence-corrected chi connectivity index (χ2v) is 6.51. The lowest BCUT2D eigenvalue weighted by atomic mass is 10.0. The van der Waals surface area contributed by atoms with Crippen molar-refractivity contribution in [2.24, 2.45) is 0 Å². The molecule has 2 atom stereocenters. The molecule has 5 heteroatoms. The highest BCUT2D eigenvalue weighted by molar-refractivity contribution is 5.76. The predicted octanol–water partition coefficient (Wildman–Crippen LogP) is 2.87. The number of anilines is 1. The first-order valence-corrected chi connectivity index (χ1v) is 8.62. The van der Waals surface area contributed by atoms with Crippen molar-refractivity contribution in [3.63, 3.8) is 0 Å². The normalized spacial score (nSPS) is 24.7. The highest BCUT2D eigenvalue weighted by Gasteiger charge is 2.23. The molecule has 0 radical (unpaired) electrons. The molecule has 0 saturated carbocycles. The van der Waals surface area contributed by atoms with Gasteiger partial charge in [-0.1, -0.05) is 6.07 Å². The van der Waals surface area contributed by atoms with Crippen LogP contribution in [0.5, 0.6) is 0 Å². The first-order chi connectivity index (χ1) is 11.2. The van der Waals surface area contributed by atoms with Crippen molar-refractivity contribution in [2.75, 3.05) is 24.6 Å². The molecule has 2 saturated heterocycles. The molecular weight excluding hydrogens is 295 g/mol. The molecule has 1 aromatic carbocycles. The zero-order valence-corrected chi connectivity index (χ0v) is 13.5. The molecule has 0 aliphatic carbocycles. The van der Waals surface area contributed by atoms with Gasteiger partial charge in [-0.25, -0.2) is 4.39 Å². The van der Waals surface area contributed by atoms with Crippen LogP contribution in [0.1, 0.15) is 38.5 Å². The Morgan fingerprint density at radius 2 is 2.26 bits per heavy atom. The lowest BCUT2D eigenvalue weighted by molar-refractivity contribution is -0.122. The van der Waals surface area contributed by atoms with Gasteiger partial charge in [-0.05, 0) is 50.3 Å². The largest absolute Gasteiger partial charge is 0.378 e. The zero-order valence-electron chi connectivity index (χ0n) is 13.5. The molecule has 1 N–H and O–H groups in total. The minimum absolute atomic E-state index is 0.103. The van der Waals surface area contributed by atoms with Crippen LogP contribution < -0.4 is 10.2 Å². The van der Waals surface area contributed by atoms with Gasteiger partial charge in [-0.15, -0.1) is 0 Å². The molecule has 2 aliphatic heterocycles. The topological polar surface area (TPSA) is 41.6 Å². The standard InChI is InChI=1S/C18H25FN2O2/c19-14-4-1-6-16(12-14)21-10-2-5-15(13-21)20-18(22)9-8-17-7-3-11-23-17/h1,4,6,12,15,17H,2-3,5,7-11,13H2,(H,20,22). The van der Waals surface area contributed by atoms with Gasteiger partial charge in [0.05, 0.1) is 6.10 Å². The van der Waals surface area contributed by atoms with E-state index in [-0.39, 0.29) is 23.9 Å². The number of amides is 1. The molecule has 23 heavy (non-hydrogen) atoms. The second kappa shape index (κ2) is 7.77. The Morgan fingerprint density at radius 3 is 3.04 bits per heavy atom. The van der Waals surface area contributed by atoms with E-state index in [9.17, 15) is 9.18 Å². The van der Waals surface area contributed by atoms with E-state index in [1.54, 1.807) is 12.1 Å². The Hall–Kier alpha value is -1.62. The molecule has 1 amide bonds. The van der Waals surface area contributed by atoms with Crippen LogP contribution in [0.15, 0.2) is 24.3 Å². The molecule has 0 aromatic heterocycles. The average molecular weight is 320 g/mol. The van der Waals surface area contributed by atoms with Crippen LogP contribution in [-0.2, 0) is 9.53 Å². The van der Waals surface area contributed by atoms with Crippen LogP contribution in [0.3, 0.4) is 0 Å². The van der Waals surface area contributed by atoms with E-state index in [0.29, 0.717) is 6.42 Å². The fraction of sp³-hybridized carbons (Fsp3) is 0.611. The minimum atomic E-state index is -0.217. The van der Waals surface area contributed by atoms with Crippen LogP contribution in [0, 0.1) is 5.82 Å². The maximum atomic E-state index is 13.4. The molecule has 2 aliphatic rings. The minimum Gasteiger partial charge on any atom is -0.378 e. The van der Waals surface area contributed by atoms with E-state index in [2.05, 4.69) is 10.2 Å². The summed E-state index contributed by atoms with van der Waals surface area (Å²) in [5.41, 5.74) is 0.892. The number of carbonyl (C=O) groups excluding carboxylic acids is 1. The van der Waals surface area contributed by atoms with Crippen LogP contribution in [0.4, 0.5) is 10.1 Å².